The number of halogens is 3. The lowest BCUT2D eigenvalue weighted by Crippen LogP contribution is -2.12. The van der Waals surface area contributed by atoms with E-state index in [4.69, 9.17) is 0 Å². The standard InChI is InChI=1S/C9H8F3NO2/c1-5-3-6(8(14)15-2)4-7(13-5)9(10,11)12/h3-4H,1-2H3. The van der Waals surface area contributed by atoms with Crippen molar-refractivity contribution in [2.45, 2.75) is 13.1 Å². The number of nitrogens with zero attached hydrogens (tertiary/aromatic N) is 1. The van der Waals surface area contributed by atoms with Crippen molar-refractivity contribution in [1.29, 1.82) is 0 Å². The van der Waals surface area contributed by atoms with Gasteiger partial charge in [-0.15, -0.1) is 0 Å². The minimum absolute atomic E-state index is 0.116. The molecule has 1 heterocycles. The molecule has 0 amide bonds. The predicted octanol–water partition coefficient (Wildman–Crippen LogP) is 2.20. The van der Waals surface area contributed by atoms with E-state index in [1.165, 1.54) is 13.0 Å². The molecule has 0 aliphatic carbocycles. The van der Waals surface area contributed by atoms with Crippen molar-refractivity contribution in [3.63, 3.8) is 0 Å². The summed E-state index contributed by atoms with van der Waals surface area (Å²) in [4.78, 5) is 14.3. The molecule has 0 saturated heterocycles. The summed E-state index contributed by atoms with van der Waals surface area (Å²) in [6.45, 7) is 1.38. The second kappa shape index (κ2) is 3.88. The minimum atomic E-state index is -4.56. The van der Waals surface area contributed by atoms with Gasteiger partial charge in [-0.05, 0) is 19.1 Å². The van der Waals surface area contributed by atoms with Gasteiger partial charge in [0.1, 0.15) is 5.69 Å². The molecule has 15 heavy (non-hydrogen) atoms. The number of hydrogen-bond donors (Lipinski definition) is 0. The van der Waals surface area contributed by atoms with Crippen LogP contribution in [0.5, 0.6) is 0 Å². The summed E-state index contributed by atoms with van der Waals surface area (Å²) >= 11 is 0. The van der Waals surface area contributed by atoms with Crippen LogP contribution in [0.1, 0.15) is 21.7 Å². The number of carbonyl (C=O) groups is 1. The fraction of sp³-hybridized carbons (Fsp3) is 0.333. The number of alkyl halides is 3. The van der Waals surface area contributed by atoms with E-state index < -0.39 is 17.8 Å². The van der Waals surface area contributed by atoms with Gasteiger partial charge in [0, 0.05) is 5.69 Å². The first-order chi connectivity index (χ1) is 6.84. The van der Waals surface area contributed by atoms with E-state index in [-0.39, 0.29) is 11.3 Å². The van der Waals surface area contributed by atoms with Crippen molar-refractivity contribution >= 4 is 5.97 Å². The summed E-state index contributed by atoms with van der Waals surface area (Å²) in [5.41, 5.74) is -1.13. The Kier molecular flexibility index (Phi) is 2.97. The zero-order valence-corrected chi connectivity index (χ0v) is 8.05. The topological polar surface area (TPSA) is 39.2 Å². The van der Waals surface area contributed by atoms with Crippen LogP contribution in [-0.2, 0) is 10.9 Å². The van der Waals surface area contributed by atoms with Gasteiger partial charge >= 0.3 is 12.1 Å². The fourth-order valence-corrected chi connectivity index (χ4v) is 1.05. The van der Waals surface area contributed by atoms with E-state index in [1.54, 1.807) is 0 Å². The molecule has 0 aliphatic rings. The fourth-order valence-electron chi connectivity index (χ4n) is 1.05. The Bertz CT molecular complexity index is 387. The average Bonchev–Trinajstić information content (AvgIpc) is 2.14. The first-order valence-electron chi connectivity index (χ1n) is 3.99. The summed E-state index contributed by atoms with van der Waals surface area (Å²) in [6.07, 6.45) is -4.56. The summed E-state index contributed by atoms with van der Waals surface area (Å²) in [7, 11) is 1.10. The second-order valence-corrected chi connectivity index (χ2v) is 2.87. The highest BCUT2D eigenvalue weighted by Crippen LogP contribution is 2.28. The maximum Gasteiger partial charge on any atom is 0.433 e. The molecule has 0 radical (unpaired) electrons. The van der Waals surface area contributed by atoms with Crippen molar-refractivity contribution in [2.24, 2.45) is 0 Å². The number of methoxy groups -OCH3 is 1. The van der Waals surface area contributed by atoms with Gasteiger partial charge in [-0.1, -0.05) is 0 Å². The van der Waals surface area contributed by atoms with E-state index in [0.717, 1.165) is 7.11 Å². The Morgan fingerprint density at radius 2 is 2.00 bits per heavy atom. The Morgan fingerprint density at radius 3 is 2.47 bits per heavy atom. The van der Waals surface area contributed by atoms with Crippen molar-refractivity contribution < 1.29 is 22.7 Å². The zero-order valence-electron chi connectivity index (χ0n) is 8.05. The molecule has 0 saturated carbocycles. The van der Waals surface area contributed by atoms with Gasteiger partial charge in [-0.2, -0.15) is 13.2 Å². The Morgan fingerprint density at radius 1 is 1.40 bits per heavy atom. The molecule has 0 atom stereocenters. The third kappa shape index (κ3) is 2.68. The maximum absolute atomic E-state index is 12.3. The highest BCUT2D eigenvalue weighted by atomic mass is 19.4. The SMILES string of the molecule is COC(=O)c1cc(C)nc(C(F)(F)F)c1. The molecule has 6 heteroatoms. The van der Waals surface area contributed by atoms with Crippen molar-refractivity contribution in [3.8, 4) is 0 Å². The highest BCUT2D eigenvalue weighted by molar-refractivity contribution is 5.89. The van der Waals surface area contributed by atoms with Gasteiger partial charge in [-0.3, -0.25) is 0 Å². The second-order valence-electron chi connectivity index (χ2n) is 2.87. The molecular weight excluding hydrogens is 211 g/mol. The number of rotatable bonds is 1. The molecule has 1 aromatic heterocycles. The van der Waals surface area contributed by atoms with Crippen molar-refractivity contribution in [2.75, 3.05) is 7.11 Å². The number of esters is 1. The van der Waals surface area contributed by atoms with Crippen LogP contribution in [0.25, 0.3) is 0 Å². The number of hydrogen-bond acceptors (Lipinski definition) is 3. The largest absolute Gasteiger partial charge is 0.465 e. The van der Waals surface area contributed by atoms with Crippen molar-refractivity contribution in [1.82, 2.24) is 4.98 Å². The van der Waals surface area contributed by atoms with Crippen LogP contribution in [0.2, 0.25) is 0 Å². The molecule has 1 aromatic rings. The number of pyridine rings is 1. The zero-order chi connectivity index (χ0) is 11.6. The van der Waals surface area contributed by atoms with Crippen LogP contribution in [0, 0.1) is 6.92 Å². The average molecular weight is 219 g/mol. The van der Waals surface area contributed by atoms with Gasteiger partial charge in [-0.25, -0.2) is 9.78 Å². The van der Waals surface area contributed by atoms with Crippen LogP contribution < -0.4 is 0 Å². The van der Waals surface area contributed by atoms with Crippen LogP contribution in [-0.4, -0.2) is 18.1 Å². The summed E-state index contributed by atoms with van der Waals surface area (Å²) in [6, 6.07) is 1.90. The monoisotopic (exact) mass is 219 g/mol. The van der Waals surface area contributed by atoms with Gasteiger partial charge in [0.2, 0.25) is 0 Å². The molecule has 0 aromatic carbocycles. The third-order valence-electron chi connectivity index (χ3n) is 1.66. The molecular formula is C9H8F3NO2. The lowest BCUT2D eigenvalue weighted by molar-refractivity contribution is -0.141. The summed E-state index contributed by atoms with van der Waals surface area (Å²) in [5.74, 6) is -0.814. The molecule has 0 aliphatic heterocycles. The highest BCUT2D eigenvalue weighted by Gasteiger charge is 2.33. The predicted molar refractivity (Wildman–Crippen MR) is 45.3 cm³/mol. The molecule has 82 valence electrons. The number of carbonyl (C=O) groups excluding carboxylic acids is 1. The quantitative estimate of drug-likeness (QED) is 0.679. The molecule has 0 fully saturated rings. The molecule has 1 rings (SSSR count). The van der Waals surface area contributed by atoms with Gasteiger partial charge < -0.3 is 4.74 Å². The number of ether oxygens (including phenoxy) is 1. The van der Waals surface area contributed by atoms with Gasteiger partial charge in [0.25, 0.3) is 0 Å². The molecule has 0 unspecified atom stereocenters. The summed E-state index contributed by atoms with van der Waals surface area (Å²) in [5, 5.41) is 0. The number of aromatic nitrogens is 1. The molecule has 0 bridgehead atoms. The first-order valence-corrected chi connectivity index (χ1v) is 3.99. The van der Waals surface area contributed by atoms with Crippen molar-refractivity contribution in [3.05, 3.63) is 29.1 Å². The maximum atomic E-state index is 12.3. The van der Waals surface area contributed by atoms with Crippen LogP contribution in [0.15, 0.2) is 12.1 Å². The Balaban J connectivity index is 3.23. The van der Waals surface area contributed by atoms with E-state index in [0.29, 0.717) is 6.07 Å². The molecule has 0 spiro atoms. The smallest absolute Gasteiger partial charge is 0.433 e. The Labute approximate surface area is 83.9 Å². The normalized spacial score (nSPS) is 11.3. The van der Waals surface area contributed by atoms with Gasteiger partial charge in [0.15, 0.2) is 0 Å². The molecule has 3 nitrogen and oxygen atoms in total. The first kappa shape index (κ1) is 11.5. The van der Waals surface area contributed by atoms with E-state index in [2.05, 4.69) is 9.72 Å². The van der Waals surface area contributed by atoms with Gasteiger partial charge in [0.05, 0.1) is 12.7 Å². The third-order valence-corrected chi connectivity index (χ3v) is 1.66. The van der Waals surface area contributed by atoms with E-state index in [1.807, 2.05) is 0 Å². The van der Waals surface area contributed by atoms with Crippen LogP contribution in [0.4, 0.5) is 13.2 Å². The Hall–Kier alpha value is -1.59. The minimum Gasteiger partial charge on any atom is -0.465 e. The van der Waals surface area contributed by atoms with E-state index in [9.17, 15) is 18.0 Å². The lowest BCUT2D eigenvalue weighted by Gasteiger charge is -2.08. The number of aryl methyl sites for hydroxylation is 1. The van der Waals surface area contributed by atoms with Crippen LogP contribution in [0.3, 0.4) is 0 Å². The lowest BCUT2D eigenvalue weighted by atomic mass is 10.2. The van der Waals surface area contributed by atoms with Crippen LogP contribution >= 0.6 is 0 Å². The summed E-state index contributed by atoms with van der Waals surface area (Å²) < 4.78 is 41.2. The molecule has 0 N–H and O–H groups in total. The van der Waals surface area contributed by atoms with E-state index >= 15 is 0 Å².